The number of aromatic nitrogens is 1. The summed E-state index contributed by atoms with van der Waals surface area (Å²) in [7, 11) is 0. The van der Waals surface area contributed by atoms with E-state index < -0.39 is 0 Å². The molecule has 1 aliphatic heterocycles. The fourth-order valence-electron chi connectivity index (χ4n) is 3.72. The predicted octanol–water partition coefficient (Wildman–Crippen LogP) is 2.97. The monoisotopic (exact) mass is 323 g/mol. The van der Waals surface area contributed by atoms with Crippen molar-refractivity contribution in [1.82, 2.24) is 15.2 Å². The Morgan fingerprint density at radius 1 is 1.29 bits per heavy atom. The number of benzene rings is 1. The topological polar surface area (TPSA) is 45.2 Å². The molecule has 2 aromatic rings. The lowest BCUT2D eigenvalue weighted by molar-refractivity contribution is -0.134. The minimum absolute atomic E-state index is 0.341. The van der Waals surface area contributed by atoms with Gasteiger partial charge < -0.3 is 10.2 Å². The molecule has 4 heteroatoms. The van der Waals surface area contributed by atoms with Crippen LogP contribution in [0.15, 0.2) is 36.5 Å². The number of carbonyl (C=O) groups excluding carboxylic acids is 1. The van der Waals surface area contributed by atoms with Crippen molar-refractivity contribution in [1.29, 1.82) is 0 Å². The van der Waals surface area contributed by atoms with Crippen LogP contribution in [0.1, 0.15) is 31.7 Å². The molecule has 2 heterocycles. The summed E-state index contributed by atoms with van der Waals surface area (Å²) in [6.07, 6.45) is 5.08. The van der Waals surface area contributed by atoms with Crippen LogP contribution >= 0.6 is 0 Å². The van der Waals surface area contributed by atoms with E-state index in [9.17, 15) is 4.79 Å². The maximum atomic E-state index is 12.2. The van der Waals surface area contributed by atoms with Crippen molar-refractivity contribution in [2.45, 2.75) is 38.8 Å². The molecule has 4 nitrogen and oxygen atoms in total. The number of pyridine rings is 1. The molecule has 2 unspecified atom stereocenters. The molecule has 2 atom stereocenters. The summed E-state index contributed by atoms with van der Waals surface area (Å²) in [5, 5.41) is 4.89. The van der Waals surface area contributed by atoms with Crippen LogP contribution in [0.25, 0.3) is 10.9 Å². The van der Waals surface area contributed by atoms with Gasteiger partial charge in [-0.25, -0.2) is 0 Å². The number of fused-ring (bicyclic) bond motifs is 1. The highest BCUT2D eigenvalue weighted by atomic mass is 16.2. The highest BCUT2D eigenvalue weighted by Crippen LogP contribution is 2.32. The molecule has 24 heavy (non-hydrogen) atoms. The summed E-state index contributed by atoms with van der Waals surface area (Å²) in [4.78, 5) is 18.7. The van der Waals surface area contributed by atoms with E-state index in [0.717, 1.165) is 44.4 Å². The Morgan fingerprint density at radius 3 is 2.96 bits per heavy atom. The first kappa shape index (κ1) is 15.6. The summed E-state index contributed by atoms with van der Waals surface area (Å²) in [5.74, 6) is 1.24. The van der Waals surface area contributed by atoms with Gasteiger partial charge in [0.1, 0.15) is 0 Å². The molecule has 1 amide bonds. The van der Waals surface area contributed by atoms with E-state index in [1.807, 2.05) is 12.3 Å². The Morgan fingerprint density at radius 2 is 2.17 bits per heavy atom. The standard InChI is InChI=1S/C20H25N3O/c1-14-13-23(20(24)16-5-6-16)10-8-18(14)22-12-15-4-7-19-17(11-15)3-2-9-21-19/h2-4,7,9,11,14,16,18,22H,5-6,8,10,12-13H2,1H3. The van der Waals surface area contributed by atoms with E-state index in [4.69, 9.17) is 0 Å². The number of hydrogen-bond donors (Lipinski definition) is 1. The van der Waals surface area contributed by atoms with Crippen molar-refractivity contribution >= 4 is 16.8 Å². The van der Waals surface area contributed by atoms with E-state index >= 15 is 0 Å². The summed E-state index contributed by atoms with van der Waals surface area (Å²) >= 11 is 0. The first-order valence-electron chi connectivity index (χ1n) is 9.06. The van der Waals surface area contributed by atoms with Crippen LogP contribution in [-0.2, 0) is 11.3 Å². The van der Waals surface area contributed by atoms with Gasteiger partial charge in [-0.3, -0.25) is 9.78 Å². The van der Waals surface area contributed by atoms with Crippen molar-refractivity contribution in [2.75, 3.05) is 13.1 Å². The highest BCUT2D eigenvalue weighted by Gasteiger charge is 2.36. The van der Waals surface area contributed by atoms with Crippen LogP contribution in [0.4, 0.5) is 0 Å². The summed E-state index contributed by atoms with van der Waals surface area (Å²) in [6, 6.07) is 11.0. The quantitative estimate of drug-likeness (QED) is 0.941. The number of likely N-dealkylation sites (tertiary alicyclic amines) is 1. The second-order valence-electron chi connectivity index (χ2n) is 7.34. The highest BCUT2D eigenvalue weighted by molar-refractivity contribution is 5.81. The molecule has 2 aliphatic rings. The Balaban J connectivity index is 1.34. The number of amides is 1. The fourth-order valence-corrected chi connectivity index (χ4v) is 3.72. The second kappa shape index (κ2) is 6.52. The Hall–Kier alpha value is -1.94. The predicted molar refractivity (Wildman–Crippen MR) is 95.5 cm³/mol. The zero-order chi connectivity index (χ0) is 16.5. The van der Waals surface area contributed by atoms with Crippen molar-refractivity contribution in [2.24, 2.45) is 11.8 Å². The third-order valence-electron chi connectivity index (χ3n) is 5.38. The number of rotatable bonds is 4. The molecule has 2 fully saturated rings. The molecule has 0 radical (unpaired) electrons. The van der Waals surface area contributed by atoms with Gasteiger partial charge in [0.15, 0.2) is 0 Å². The summed E-state index contributed by atoms with van der Waals surface area (Å²) in [6.45, 7) is 4.93. The lowest BCUT2D eigenvalue weighted by Crippen LogP contribution is -2.50. The van der Waals surface area contributed by atoms with Gasteiger partial charge in [-0.05, 0) is 48.9 Å². The van der Waals surface area contributed by atoms with Gasteiger partial charge in [-0.2, -0.15) is 0 Å². The number of hydrogen-bond acceptors (Lipinski definition) is 3. The van der Waals surface area contributed by atoms with E-state index in [0.29, 0.717) is 23.8 Å². The fraction of sp³-hybridized carbons (Fsp3) is 0.500. The first-order chi connectivity index (χ1) is 11.7. The minimum Gasteiger partial charge on any atom is -0.342 e. The number of carbonyl (C=O) groups is 1. The summed E-state index contributed by atoms with van der Waals surface area (Å²) in [5.41, 5.74) is 2.33. The van der Waals surface area contributed by atoms with E-state index in [-0.39, 0.29) is 0 Å². The maximum absolute atomic E-state index is 12.2. The normalized spacial score (nSPS) is 24.3. The third kappa shape index (κ3) is 3.29. The molecular formula is C20H25N3O. The third-order valence-corrected chi connectivity index (χ3v) is 5.38. The zero-order valence-electron chi connectivity index (χ0n) is 14.2. The molecule has 0 spiro atoms. The van der Waals surface area contributed by atoms with Crippen LogP contribution < -0.4 is 5.32 Å². The average molecular weight is 323 g/mol. The molecule has 1 N–H and O–H groups in total. The van der Waals surface area contributed by atoms with Crippen molar-refractivity contribution in [3.8, 4) is 0 Å². The molecule has 0 bridgehead atoms. The van der Waals surface area contributed by atoms with Gasteiger partial charge in [-0.1, -0.05) is 19.1 Å². The number of nitrogens with one attached hydrogen (secondary N) is 1. The average Bonchev–Trinajstić information content (AvgIpc) is 3.45. The molecule has 4 rings (SSSR count). The van der Waals surface area contributed by atoms with Gasteiger partial charge in [-0.15, -0.1) is 0 Å². The van der Waals surface area contributed by atoms with E-state index in [1.54, 1.807) is 0 Å². The van der Waals surface area contributed by atoms with Gasteiger partial charge in [0.25, 0.3) is 0 Å². The zero-order valence-corrected chi connectivity index (χ0v) is 14.2. The molecule has 1 saturated carbocycles. The summed E-state index contributed by atoms with van der Waals surface area (Å²) < 4.78 is 0. The van der Waals surface area contributed by atoms with Gasteiger partial charge in [0.2, 0.25) is 5.91 Å². The molecular weight excluding hydrogens is 298 g/mol. The smallest absolute Gasteiger partial charge is 0.225 e. The maximum Gasteiger partial charge on any atom is 0.225 e. The molecule has 1 aromatic heterocycles. The number of nitrogens with zero attached hydrogens (tertiary/aromatic N) is 2. The van der Waals surface area contributed by atoms with Crippen LogP contribution in [-0.4, -0.2) is 34.9 Å². The van der Waals surface area contributed by atoms with E-state index in [1.165, 1.54) is 10.9 Å². The largest absolute Gasteiger partial charge is 0.342 e. The Kier molecular flexibility index (Phi) is 4.23. The molecule has 1 saturated heterocycles. The van der Waals surface area contributed by atoms with Gasteiger partial charge in [0, 0.05) is 43.2 Å². The lowest BCUT2D eigenvalue weighted by Gasteiger charge is -2.37. The lowest BCUT2D eigenvalue weighted by atomic mass is 9.93. The Labute approximate surface area is 143 Å². The molecule has 1 aliphatic carbocycles. The second-order valence-corrected chi connectivity index (χ2v) is 7.34. The molecule has 1 aromatic carbocycles. The van der Waals surface area contributed by atoms with E-state index in [2.05, 4.69) is 46.4 Å². The van der Waals surface area contributed by atoms with Crippen LogP contribution in [0.5, 0.6) is 0 Å². The van der Waals surface area contributed by atoms with Crippen LogP contribution in [0, 0.1) is 11.8 Å². The first-order valence-corrected chi connectivity index (χ1v) is 9.06. The SMILES string of the molecule is CC1CN(C(=O)C2CC2)CCC1NCc1ccc2ncccc2c1. The van der Waals surface area contributed by atoms with Gasteiger partial charge in [0.05, 0.1) is 5.52 Å². The minimum atomic E-state index is 0.341. The van der Waals surface area contributed by atoms with Gasteiger partial charge >= 0.3 is 0 Å². The van der Waals surface area contributed by atoms with Crippen LogP contribution in [0.2, 0.25) is 0 Å². The van der Waals surface area contributed by atoms with Crippen LogP contribution in [0.3, 0.4) is 0 Å². The van der Waals surface area contributed by atoms with Crippen molar-refractivity contribution < 1.29 is 4.79 Å². The Bertz CT molecular complexity index is 740. The van der Waals surface area contributed by atoms with Crippen molar-refractivity contribution in [3.63, 3.8) is 0 Å². The molecule has 126 valence electrons. The number of piperidine rings is 1. The van der Waals surface area contributed by atoms with Crippen molar-refractivity contribution in [3.05, 3.63) is 42.1 Å².